The van der Waals surface area contributed by atoms with Crippen LogP contribution in [0.1, 0.15) is 11.1 Å². The Balaban J connectivity index is 1.66. The van der Waals surface area contributed by atoms with Crippen LogP contribution in [-0.4, -0.2) is 21.2 Å². The van der Waals surface area contributed by atoms with Crippen LogP contribution in [0.3, 0.4) is 0 Å². The Labute approximate surface area is 156 Å². The number of aromatic nitrogens is 2. The summed E-state index contributed by atoms with van der Waals surface area (Å²) >= 11 is 7.33. The van der Waals surface area contributed by atoms with Crippen molar-refractivity contribution in [2.75, 3.05) is 11.1 Å². The van der Waals surface area contributed by atoms with Crippen LogP contribution in [0.5, 0.6) is 0 Å². The maximum Gasteiger partial charge on any atom is 0.234 e. The summed E-state index contributed by atoms with van der Waals surface area (Å²) in [5.74, 6) is 0.238. The van der Waals surface area contributed by atoms with Crippen LogP contribution in [0.15, 0.2) is 60.0 Å². The van der Waals surface area contributed by atoms with Gasteiger partial charge >= 0.3 is 0 Å². The van der Waals surface area contributed by atoms with Gasteiger partial charge in [0.05, 0.1) is 5.75 Å². The lowest BCUT2D eigenvalue weighted by molar-refractivity contribution is -0.113. The van der Waals surface area contributed by atoms with Crippen molar-refractivity contribution in [2.24, 2.45) is 0 Å². The number of nitrogens with one attached hydrogen (secondary N) is 1. The Hall–Kier alpha value is -2.24. The molecule has 0 fully saturated rings. The summed E-state index contributed by atoms with van der Waals surface area (Å²) < 4.78 is 1.94. The lowest BCUT2D eigenvalue weighted by Crippen LogP contribution is -2.15. The summed E-state index contributed by atoms with van der Waals surface area (Å²) in [5.41, 5.74) is 4.05. The van der Waals surface area contributed by atoms with Crippen molar-refractivity contribution in [2.45, 2.75) is 19.0 Å². The van der Waals surface area contributed by atoms with Crippen LogP contribution >= 0.6 is 23.4 Å². The molecule has 128 valence electrons. The number of rotatable bonds is 5. The van der Waals surface area contributed by atoms with Gasteiger partial charge in [-0.1, -0.05) is 35.5 Å². The highest BCUT2D eigenvalue weighted by Gasteiger charge is 2.10. The highest BCUT2D eigenvalue weighted by molar-refractivity contribution is 7.99. The number of benzene rings is 2. The number of carbonyl (C=O) groups is 1. The fourth-order valence-electron chi connectivity index (χ4n) is 2.40. The van der Waals surface area contributed by atoms with Gasteiger partial charge in [-0.2, -0.15) is 0 Å². The topological polar surface area (TPSA) is 46.9 Å². The fraction of sp³-hybridized carbons (Fsp3) is 0.158. The lowest BCUT2D eigenvalue weighted by atomic mass is 10.1. The second-order valence-corrected chi connectivity index (χ2v) is 7.02. The van der Waals surface area contributed by atoms with Gasteiger partial charge in [-0.15, -0.1) is 0 Å². The van der Waals surface area contributed by atoms with E-state index in [1.54, 1.807) is 6.20 Å². The van der Waals surface area contributed by atoms with Gasteiger partial charge in [0.2, 0.25) is 5.91 Å². The molecule has 0 unspecified atom stereocenters. The Morgan fingerprint density at radius 2 is 1.96 bits per heavy atom. The molecule has 6 heteroatoms. The second-order valence-electron chi connectivity index (χ2n) is 5.64. The molecule has 25 heavy (non-hydrogen) atoms. The SMILES string of the molecule is Cc1cccc(NC(=O)CSc2nccn2-c2ccc(Cl)cc2)c1C. The largest absolute Gasteiger partial charge is 0.325 e. The van der Waals surface area contributed by atoms with Gasteiger partial charge in [0.15, 0.2) is 5.16 Å². The number of amides is 1. The van der Waals surface area contributed by atoms with E-state index in [1.807, 2.05) is 67.1 Å². The van der Waals surface area contributed by atoms with Gasteiger partial charge in [0.1, 0.15) is 0 Å². The molecule has 0 saturated carbocycles. The van der Waals surface area contributed by atoms with Crippen molar-refractivity contribution in [1.29, 1.82) is 0 Å². The number of aryl methyl sites for hydroxylation is 1. The molecule has 1 N–H and O–H groups in total. The number of hydrogen-bond donors (Lipinski definition) is 1. The van der Waals surface area contributed by atoms with E-state index in [1.165, 1.54) is 11.8 Å². The molecule has 1 amide bonds. The number of carbonyl (C=O) groups excluding carboxylic acids is 1. The first-order chi connectivity index (χ1) is 12.0. The first-order valence-electron chi connectivity index (χ1n) is 7.83. The Kier molecular flexibility index (Phi) is 5.46. The number of thioether (sulfide) groups is 1. The molecule has 1 aromatic heterocycles. The Bertz CT molecular complexity index is 890. The van der Waals surface area contributed by atoms with Crippen LogP contribution < -0.4 is 5.32 Å². The van der Waals surface area contributed by atoms with E-state index in [9.17, 15) is 4.79 Å². The van der Waals surface area contributed by atoms with Gasteiger partial charge in [-0.3, -0.25) is 9.36 Å². The van der Waals surface area contributed by atoms with E-state index in [2.05, 4.69) is 10.3 Å². The zero-order valence-corrected chi connectivity index (χ0v) is 15.6. The third-order valence-corrected chi connectivity index (χ3v) is 5.14. The maximum atomic E-state index is 12.3. The molecule has 0 aliphatic heterocycles. The van der Waals surface area contributed by atoms with Crippen molar-refractivity contribution in [3.05, 3.63) is 71.0 Å². The molecule has 1 heterocycles. The predicted octanol–water partition coefficient (Wildman–Crippen LogP) is 4.87. The minimum atomic E-state index is -0.0515. The summed E-state index contributed by atoms with van der Waals surface area (Å²) in [7, 11) is 0. The summed E-state index contributed by atoms with van der Waals surface area (Å²) in [4.78, 5) is 16.6. The summed E-state index contributed by atoms with van der Waals surface area (Å²) in [6, 6.07) is 13.4. The van der Waals surface area contributed by atoms with E-state index >= 15 is 0 Å². The molecule has 4 nitrogen and oxygen atoms in total. The van der Waals surface area contributed by atoms with E-state index < -0.39 is 0 Å². The van der Waals surface area contributed by atoms with Crippen LogP contribution in [0.25, 0.3) is 5.69 Å². The Morgan fingerprint density at radius 1 is 1.20 bits per heavy atom. The molecule has 3 aromatic rings. The van der Waals surface area contributed by atoms with Gasteiger partial charge in [0, 0.05) is 28.8 Å². The van der Waals surface area contributed by atoms with Crippen molar-refractivity contribution in [3.8, 4) is 5.69 Å². The van der Waals surface area contributed by atoms with Gasteiger partial charge in [0.25, 0.3) is 0 Å². The van der Waals surface area contributed by atoms with Gasteiger partial charge < -0.3 is 5.32 Å². The highest BCUT2D eigenvalue weighted by Crippen LogP contribution is 2.23. The molecule has 0 radical (unpaired) electrons. The Morgan fingerprint density at radius 3 is 2.72 bits per heavy atom. The summed E-state index contributed by atoms with van der Waals surface area (Å²) in [5, 5.41) is 4.41. The molecule has 0 atom stereocenters. The first kappa shape index (κ1) is 17.6. The maximum absolute atomic E-state index is 12.3. The third-order valence-electron chi connectivity index (χ3n) is 3.92. The summed E-state index contributed by atoms with van der Waals surface area (Å²) in [6.45, 7) is 4.04. The lowest BCUT2D eigenvalue weighted by Gasteiger charge is -2.11. The van der Waals surface area contributed by atoms with E-state index in [0.717, 1.165) is 27.7 Å². The van der Waals surface area contributed by atoms with E-state index in [-0.39, 0.29) is 11.7 Å². The third kappa shape index (κ3) is 4.24. The van der Waals surface area contributed by atoms with Crippen LogP contribution in [0, 0.1) is 13.8 Å². The molecular weight excluding hydrogens is 354 g/mol. The van der Waals surface area contributed by atoms with Crippen molar-refractivity contribution in [3.63, 3.8) is 0 Å². The molecule has 2 aromatic carbocycles. The average molecular weight is 372 g/mol. The number of hydrogen-bond acceptors (Lipinski definition) is 3. The quantitative estimate of drug-likeness (QED) is 0.650. The van der Waals surface area contributed by atoms with Crippen molar-refractivity contribution < 1.29 is 4.79 Å². The normalized spacial score (nSPS) is 10.7. The minimum absolute atomic E-state index is 0.0515. The molecule has 0 saturated heterocycles. The summed E-state index contributed by atoms with van der Waals surface area (Å²) in [6.07, 6.45) is 3.59. The van der Waals surface area contributed by atoms with Crippen LogP contribution in [0.4, 0.5) is 5.69 Å². The van der Waals surface area contributed by atoms with Crippen molar-refractivity contribution in [1.82, 2.24) is 9.55 Å². The second kappa shape index (κ2) is 7.76. The van der Waals surface area contributed by atoms with Crippen LogP contribution in [-0.2, 0) is 4.79 Å². The predicted molar refractivity (Wildman–Crippen MR) is 104 cm³/mol. The zero-order chi connectivity index (χ0) is 17.8. The molecular formula is C19H18ClN3OS. The smallest absolute Gasteiger partial charge is 0.234 e. The molecule has 0 aliphatic carbocycles. The minimum Gasteiger partial charge on any atom is -0.325 e. The number of imidazole rings is 1. The first-order valence-corrected chi connectivity index (χ1v) is 9.19. The van der Waals surface area contributed by atoms with Crippen LogP contribution in [0.2, 0.25) is 5.02 Å². The highest BCUT2D eigenvalue weighted by atomic mass is 35.5. The van der Waals surface area contributed by atoms with E-state index in [0.29, 0.717) is 5.02 Å². The zero-order valence-electron chi connectivity index (χ0n) is 14.0. The van der Waals surface area contributed by atoms with Gasteiger partial charge in [-0.25, -0.2) is 4.98 Å². The fourth-order valence-corrected chi connectivity index (χ4v) is 3.30. The number of halogens is 1. The number of nitrogens with zero attached hydrogens (tertiary/aromatic N) is 2. The number of anilines is 1. The molecule has 0 bridgehead atoms. The van der Waals surface area contributed by atoms with E-state index in [4.69, 9.17) is 11.6 Å². The standard InChI is InChI=1S/C19H18ClN3OS/c1-13-4-3-5-17(14(13)2)22-18(24)12-25-19-21-10-11-23(19)16-8-6-15(20)7-9-16/h3-11H,12H2,1-2H3,(H,22,24). The van der Waals surface area contributed by atoms with Gasteiger partial charge in [-0.05, 0) is 55.3 Å². The molecule has 3 rings (SSSR count). The molecule has 0 spiro atoms. The molecule has 0 aliphatic rings. The average Bonchev–Trinajstić information content (AvgIpc) is 3.06. The monoisotopic (exact) mass is 371 g/mol. The van der Waals surface area contributed by atoms with Crippen molar-refractivity contribution >= 4 is 35.0 Å².